The van der Waals surface area contributed by atoms with Crippen LogP contribution in [-0.4, -0.2) is 50.2 Å². The molecule has 0 radical (unpaired) electrons. The number of ether oxygens (including phenoxy) is 1. The fraction of sp³-hybridized carbons (Fsp3) is 0.929. The van der Waals surface area contributed by atoms with Crippen molar-refractivity contribution in [1.82, 2.24) is 5.32 Å². The second-order valence-electron chi connectivity index (χ2n) is 7.40. The van der Waals surface area contributed by atoms with Gasteiger partial charge in [0.2, 0.25) is 0 Å². The summed E-state index contributed by atoms with van der Waals surface area (Å²) in [5.41, 5.74) is -0.926. The van der Waals surface area contributed by atoms with E-state index >= 15 is 0 Å². The summed E-state index contributed by atoms with van der Waals surface area (Å²) in [4.78, 5) is 11.6. The summed E-state index contributed by atoms with van der Waals surface area (Å²) in [5.74, 6) is -0.288. The van der Waals surface area contributed by atoms with Crippen molar-refractivity contribution < 1.29 is 27.2 Å². The van der Waals surface area contributed by atoms with Crippen LogP contribution in [0, 0.1) is 5.41 Å². The van der Waals surface area contributed by atoms with Gasteiger partial charge in [-0.25, -0.2) is 4.79 Å². The van der Waals surface area contributed by atoms with Crippen LogP contribution in [-0.2, 0) is 19.0 Å². The average Bonchev–Trinajstić information content (AvgIpc) is 2.29. The third-order valence-corrected chi connectivity index (χ3v) is 3.54. The molecule has 8 heteroatoms. The Balaban J connectivity index is 4.37. The van der Waals surface area contributed by atoms with Gasteiger partial charge in [0.15, 0.2) is 0 Å². The van der Waals surface area contributed by atoms with Gasteiger partial charge < -0.3 is 15.2 Å². The molecule has 22 heavy (non-hydrogen) atoms. The van der Waals surface area contributed by atoms with E-state index in [0.717, 1.165) is 0 Å². The van der Waals surface area contributed by atoms with Gasteiger partial charge >= 0.3 is 6.09 Å². The lowest BCUT2D eigenvalue weighted by Crippen LogP contribution is -2.42. The van der Waals surface area contributed by atoms with Crippen LogP contribution in [0.25, 0.3) is 0 Å². The average molecular weight is 339 g/mol. The minimum absolute atomic E-state index is 0.0439. The summed E-state index contributed by atoms with van der Waals surface area (Å²) in [6.45, 7) is 10.4. The first-order valence-corrected chi connectivity index (χ1v) is 8.79. The van der Waals surface area contributed by atoms with Crippen molar-refractivity contribution in [3.8, 4) is 0 Å². The van der Waals surface area contributed by atoms with Crippen LogP contribution in [0.5, 0.6) is 0 Å². The van der Waals surface area contributed by atoms with E-state index < -0.39 is 27.9 Å². The van der Waals surface area contributed by atoms with Crippen molar-refractivity contribution >= 4 is 16.2 Å². The number of carbonyl (C=O) groups is 1. The maximum Gasteiger partial charge on any atom is 0.407 e. The molecule has 2 N–H and O–H groups in total. The van der Waals surface area contributed by atoms with Gasteiger partial charge in [0.25, 0.3) is 10.1 Å². The molecule has 1 amide bonds. The highest BCUT2D eigenvalue weighted by Gasteiger charge is 2.22. The molecule has 0 aliphatic rings. The number of aliphatic hydroxyl groups excluding tert-OH is 1. The zero-order chi connectivity index (χ0) is 17.6. The van der Waals surface area contributed by atoms with Crippen molar-refractivity contribution in [2.45, 2.75) is 59.6 Å². The zero-order valence-electron chi connectivity index (χ0n) is 14.3. The van der Waals surface area contributed by atoms with Gasteiger partial charge in [0.1, 0.15) is 5.60 Å². The Hall–Kier alpha value is -0.860. The molecule has 0 saturated heterocycles. The van der Waals surface area contributed by atoms with Crippen molar-refractivity contribution in [3.05, 3.63) is 0 Å². The predicted octanol–water partition coefficient (Wildman–Crippen LogP) is 1.65. The molecule has 0 saturated carbocycles. The third-order valence-electron chi connectivity index (χ3n) is 2.33. The summed E-state index contributed by atoms with van der Waals surface area (Å²) in [5, 5.41) is 11.7. The van der Waals surface area contributed by atoms with Crippen LogP contribution in [0.4, 0.5) is 4.79 Å². The third kappa shape index (κ3) is 11.8. The number of alkyl carbamates (subject to hydrolysis) is 1. The van der Waals surface area contributed by atoms with Gasteiger partial charge in [-0.15, -0.1) is 0 Å². The zero-order valence-corrected chi connectivity index (χ0v) is 15.1. The normalized spacial score (nSPS) is 14.5. The molecule has 132 valence electrons. The predicted molar refractivity (Wildman–Crippen MR) is 84.1 cm³/mol. The Morgan fingerprint density at radius 2 is 1.73 bits per heavy atom. The van der Waals surface area contributed by atoms with E-state index in [9.17, 15) is 18.3 Å². The second-order valence-corrected chi connectivity index (χ2v) is 9.16. The smallest absolute Gasteiger partial charge is 0.407 e. The molecule has 1 unspecified atom stereocenters. The summed E-state index contributed by atoms with van der Waals surface area (Å²) in [6.07, 6.45) is -0.651. The van der Waals surface area contributed by atoms with Gasteiger partial charge in [-0.05, 0) is 32.6 Å². The molecule has 0 rings (SSSR count). The molecular weight excluding hydrogens is 310 g/mol. The van der Waals surface area contributed by atoms with Gasteiger partial charge in [0.05, 0.1) is 25.0 Å². The number of nitrogens with one attached hydrogen (secondary N) is 1. The highest BCUT2D eigenvalue weighted by Crippen LogP contribution is 2.15. The summed E-state index contributed by atoms with van der Waals surface area (Å²) < 4.78 is 33.5. The molecule has 0 aliphatic heterocycles. The first-order chi connectivity index (χ1) is 9.74. The number of hydrogen-bond donors (Lipinski definition) is 2. The molecule has 0 aromatic carbocycles. The van der Waals surface area contributed by atoms with Gasteiger partial charge in [-0.1, -0.05) is 20.8 Å². The second kappa shape index (κ2) is 8.12. The maximum atomic E-state index is 11.8. The van der Waals surface area contributed by atoms with Crippen LogP contribution < -0.4 is 5.32 Å². The standard InChI is InChI=1S/C14H29NO6S/c1-13(2,3)10-20-22(18,19)8-7-11(9-16)15-12(17)21-14(4,5)6/h11,16H,7-10H2,1-6H3,(H,15,17). The lowest BCUT2D eigenvalue weighted by molar-refractivity contribution is 0.0481. The largest absolute Gasteiger partial charge is 0.444 e. The molecule has 1 atom stereocenters. The molecule has 0 bridgehead atoms. The van der Waals surface area contributed by atoms with Gasteiger partial charge in [-0.2, -0.15) is 8.42 Å². The van der Waals surface area contributed by atoms with Gasteiger partial charge in [-0.3, -0.25) is 4.18 Å². The number of amides is 1. The Bertz CT molecular complexity index is 447. The van der Waals surface area contributed by atoms with Crippen LogP contribution in [0.2, 0.25) is 0 Å². The molecule has 0 aromatic rings. The monoisotopic (exact) mass is 339 g/mol. The van der Waals surface area contributed by atoms with E-state index in [1.54, 1.807) is 20.8 Å². The first-order valence-electron chi connectivity index (χ1n) is 7.21. The van der Waals surface area contributed by atoms with Crippen molar-refractivity contribution in [2.24, 2.45) is 5.41 Å². The minimum Gasteiger partial charge on any atom is -0.444 e. The topological polar surface area (TPSA) is 102 Å². The van der Waals surface area contributed by atoms with E-state index in [1.807, 2.05) is 20.8 Å². The number of rotatable bonds is 7. The van der Waals surface area contributed by atoms with E-state index in [4.69, 9.17) is 8.92 Å². The number of carbonyl (C=O) groups excluding carboxylic acids is 1. The fourth-order valence-electron chi connectivity index (χ4n) is 1.30. The summed E-state index contributed by atoms with van der Waals surface area (Å²) in [7, 11) is -3.69. The van der Waals surface area contributed by atoms with Crippen LogP contribution >= 0.6 is 0 Å². The Labute approximate surface area is 133 Å². The van der Waals surface area contributed by atoms with E-state index in [0.29, 0.717) is 0 Å². The van der Waals surface area contributed by atoms with Crippen LogP contribution in [0.15, 0.2) is 0 Å². The van der Waals surface area contributed by atoms with Crippen molar-refractivity contribution in [3.63, 3.8) is 0 Å². The Morgan fingerprint density at radius 1 is 1.18 bits per heavy atom. The van der Waals surface area contributed by atoms with Crippen molar-refractivity contribution in [2.75, 3.05) is 19.0 Å². The highest BCUT2D eigenvalue weighted by atomic mass is 32.2. The summed E-state index contributed by atoms with van der Waals surface area (Å²) >= 11 is 0. The molecule has 0 spiro atoms. The molecule has 0 heterocycles. The SMILES string of the molecule is CC(C)(C)COS(=O)(=O)CCC(CO)NC(=O)OC(C)(C)C. The Kier molecular flexibility index (Phi) is 7.80. The van der Waals surface area contributed by atoms with Crippen LogP contribution in [0.3, 0.4) is 0 Å². The van der Waals surface area contributed by atoms with E-state index in [-0.39, 0.29) is 30.8 Å². The lowest BCUT2D eigenvalue weighted by Gasteiger charge is -2.23. The molecule has 0 aromatic heterocycles. The number of aliphatic hydroxyl groups is 1. The number of hydrogen-bond acceptors (Lipinski definition) is 6. The van der Waals surface area contributed by atoms with Crippen molar-refractivity contribution in [1.29, 1.82) is 0 Å². The molecule has 0 fully saturated rings. The summed E-state index contributed by atoms with van der Waals surface area (Å²) in [6, 6.07) is -0.706. The quantitative estimate of drug-likeness (QED) is 0.684. The lowest BCUT2D eigenvalue weighted by atomic mass is 9.99. The Morgan fingerprint density at radius 3 is 2.14 bits per heavy atom. The fourth-order valence-corrected chi connectivity index (χ4v) is 2.52. The van der Waals surface area contributed by atoms with Gasteiger partial charge in [0, 0.05) is 0 Å². The van der Waals surface area contributed by atoms with E-state index in [2.05, 4.69) is 5.32 Å². The molecular formula is C14H29NO6S. The van der Waals surface area contributed by atoms with Crippen LogP contribution in [0.1, 0.15) is 48.0 Å². The van der Waals surface area contributed by atoms with E-state index in [1.165, 1.54) is 0 Å². The molecule has 0 aliphatic carbocycles. The maximum absolute atomic E-state index is 11.8. The first kappa shape index (κ1) is 21.1. The molecule has 7 nitrogen and oxygen atoms in total. The minimum atomic E-state index is -3.69. The highest BCUT2D eigenvalue weighted by molar-refractivity contribution is 7.86.